The maximum Gasteiger partial charge on any atom is 0.157 e. The van der Waals surface area contributed by atoms with Crippen molar-refractivity contribution < 1.29 is 0 Å². The van der Waals surface area contributed by atoms with Crippen LogP contribution in [0.2, 0.25) is 0 Å². The highest BCUT2D eigenvalue weighted by Crippen LogP contribution is 2.22. The molecule has 0 radical (unpaired) electrons. The van der Waals surface area contributed by atoms with E-state index in [0.717, 1.165) is 28.0 Å². The molecule has 1 aromatic carbocycles. The van der Waals surface area contributed by atoms with Gasteiger partial charge in [-0.1, -0.05) is 18.2 Å². The van der Waals surface area contributed by atoms with Gasteiger partial charge in [-0.2, -0.15) is 10.2 Å². The molecule has 92 valence electrons. The van der Waals surface area contributed by atoms with Gasteiger partial charge in [-0.25, -0.2) is 4.68 Å². The van der Waals surface area contributed by atoms with Crippen LogP contribution in [0.25, 0.3) is 16.7 Å². The van der Waals surface area contributed by atoms with Crippen LogP contribution in [0.5, 0.6) is 0 Å². The molecule has 5 nitrogen and oxygen atoms in total. The van der Waals surface area contributed by atoms with Crippen LogP contribution in [0.4, 0.5) is 0 Å². The van der Waals surface area contributed by atoms with Gasteiger partial charge in [0.15, 0.2) is 5.82 Å². The van der Waals surface area contributed by atoms with E-state index in [0.29, 0.717) is 6.54 Å². The lowest BCUT2D eigenvalue weighted by Crippen LogP contribution is -2.08. The van der Waals surface area contributed by atoms with E-state index in [-0.39, 0.29) is 0 Å². The number of hydrogen-bond donors (Lipinski definition) is 1. The van der Waals surface area contributed by atoms with Crippen LogP contribution in [-0.4, -0.2) is 19.6 Å². The summed E-state index contributed by atoms with van der Waals surface area (Å²) >= 11 is 0. The fraction of sp³-hybridized carbons (Fsp3) is 0.231. The van der Waals surface area contributed by atoms with Crippen molar-refractivity contribution in [3.8, 4) is 5.82 Å². The van der Waals surface area contributed by atoms with E-state index in [2.05, 4.69) is 10.2 Å². The average Bonchev–Trinajstić information content (AvgIpc) is 2.89. The Hall–Kier alpha value is -2.14. The number of benzene rings is 1. The Morgan fingerprint density at radius 2 is 2.06 bits per heavy atom. The molecule has 2 heterocycles. The average molecular weight is 241 g/mol. The standard InChI is InChI=1S/C13H15N5/c1-9-11(7-14)13(17(2)16-9)18-12-6-4-3-5-10(12)8-15-18/h3-6,8H,7,14H2,1-2H3. The van der Waals surface area contributed by atoms with Gasteiger partial charge in [0, 0.05) is 24.5 Å². The molecule has 5 heteroatoms. The first-order valence-corrected chi connectivity index (χ1v) is 5.88. The molecule has 3 rings (SSSR count). The molecule has 3 aromatic rings. The molecule has 2 N–H and O–H groups in total. The number of nitrogens with two attached hydrogens (primary N) is 1. The van der Waals surface area contributed by atoms with Crippen molar-refractivity contribution in [1.82, 2.24) is 19.6 Å². The zero-order chi connectivity index (χ0) is 12.7. The summed E-state index contributed by atoms with van der Waals surface area (Å²) in [4.78, 5) is 0. The molecule has 18 heavy (non-hydrogen) atoms. The van der Waals surface area contributed by atoms with Crippen LogP contribution in [0.1, 0.15) is 11.3 Å². The van der Waals surface area contributed by atoms with E-state index in [1.54, 1.807) is 0 Å². The molecule has 0 atom stereocenters. The number of aromatic nitrogens is 4. The topological polar surface area (TPSA) is 61.7 Å². The van der Waals surface area contributed by atoms with Crippen LogP contribution in [-0.2, 0) is 13.6 Å². The zero-order valence-electron chi connectivity index (χ0n) is 10.5. The highest BCUT2D eigenvalue weighted by molar-refractivity contribution is 5.80. The first-order chi connectivity index (χ1) is 8.72. The third-order valence-electron chi connectivity index (χ3n) is 3.20. The van der Waals surface area contributed by atoms with Gasteiger partial charge >= 0.3 is 0 Å². The third-order valence-corrected chi connectivity index (χ3v) is 3.20. The zero-order valence-corrected chi connectivity index (χ0v) is 10.5. The Morgan fingerprint density at radius 3 is 2.83 bits per heavy atom. The summed E-state index contributed by atoms with van der Waals surface area (Å²) in [7, 11) is 1.91. The quantitative estimate of drug-likeness (QED) is 0.740. The van der Waals surface area contributed by atoms with Gasteiger partial charge in [-0.15, -0.1) is 0 Å². The molecule has 0 amide bonds. The van der Waals surface area contributed by atoms with Crippen LogP contribution in [0.3, 0.4) is 0 Å². The predicted molar refractivity (Wildman–Crippen MR) is 70.5 cm³/mol. The fourth-order valence-corrected chi connectivity index (χ4v) is 2.33. The van der Waals surface area contributed by atoms with E-state index in [4.69, 9.17) is 5.73 Å². The number of para-hydroxylation sites is 1. The predicted octanol–water partition coefficient (Wildman–Crippen LogP) is 1.53. The van der Waals surface area contributed by atoms with Gasteiger partial charge in [0.25, 0.3) is 0 Å². The highest BCUT2D eigenvalue weighted by Gasteiger charge is 2.16. The molecule has 0 aliphatic heterocycles. The van der Waals surface area contributed by atoms with Crippen LogP contribution in [0, 0.1) is 6.92 Å². The van der Waals surface area contributed by atoms with E-state index in [1.807, 2.05) is 53.8 Å². The SMILES string of the molecule is Cc1nn(C)c(-n2ncc3ccccc32)c1CN. The van der Waals surface area contributed by atoms with Crippen molar-refractivity contribution >= 4 is 10.9 Å². The summed E-state index contributed by atoms with van der Waals surface area (Å²) in [6, 6.07) is 8.10. The van der Waals surface area contributed by atoms with Crippen LogP contribution < -0.4 is 5.73 Å². The Morgan fingerprint density at radius 1 is 1.28 bits per heavy atom. The number of nitrogens with zero attached hydrogens (tertiary/aromatic N) is 4. The number of hydrogen-bond acceptors (Lipinski definition) is 3. The Balaban J connectivity index is 2.33. The third kappa shape index (κ3) is 1.44. The fourth-order valence-electron chi connectivity index (χ4n) is 2.33. The van der Waals surface area contributed by atoms with E-state index in [9.17, 15) is 0 Å². The number of aryl methyl sites for hydroxylation is 2. The summed E-state index contributed by atoms with van der Waals surface area (Å²) in [5, 5.41) is 9.98. The van der Waals surface area contributed by atoms with Crippen LogP contribution in [0.15, 0.2) is 30.5 Å². The second kappa shape index (κ2) is 3.96. The Labute approximate surface area is 105 Å². The molecule has 0 aliphatic carbocycles. The van der Waals surface area contributed by atoms with E-state index < -0.39 is 0 Å². The van der Waals surface area contributed by atoms with Gasteiger partial charge in [-0.05, 0) is 13.0 Å². The van der Waals surface area contributed by atoms with E-state index in [1.165, 1.54) is 0 Å². The lowest BCUT2D eigenvalue weighted by Gasteiger charge is -2.06. The van der Waals surface area contributed by atoms with E-state index >= 15 is 0 Å². The van der Waals surface area contributed by atoms with Crippen molar-refractivity contribution in [2.24, 2.45) is 12.8 Å². The first-order valence-electron chi connectivity index (χ1n) is 5.88. The van der Waals surface area contributed by atoms with Crippen molar-refractivity contribution in [3.63, 3.8) is 0 Å². The second-order valence-electron chi connectivity index (χ2n) is 4.33. The second-order valence-corrected chi connectivity index (χ2v) is 4.33. The maximum atomic E-state index is 5.82. The molecule has 0 unspecified atom stereocenters. The molecule has 0 spiro atoms. The summed E-state index contributed by atoms with van der Waals surface area (Å²) in [5.41, 5.74) is 8.87. The first kappa shape index (κ1) is 11.0. The minimum absolute atomic E-state index is 0.462. The van der Waals surface area contributed by atoms with Gasteiger partial charge in [0.1, 0.15) is 0 Å². The minimum Gasteiger partial charge on any atom is -0.326 e. The molecular formula is C13H15N5. The monoisotopic (exact) mass is 241 g/mol. The lowest BCUT2D eigenvalue weighted by molar-refractivity contribution is 0.700. The highest BCUT2D eigenvalue weighted by atomic mass is 15.4. The van der Waals surface area contributed by atoms with Crippen LogP contribution >= 0.6 is 0 Å². The van der Waals surface area contributed by atoms with Crippen molar-refractivity contribution in [3.05, 3.63) is 41.7 Å². The Bertz CT molecular complexity index is 707. The number of fused-ring (bicyclic) bond motifs is 1. The van der Waals surface area contributed by atoms with Gasteiger partial charge in [-0.3, -0.25) is 4.68 Å². The number of rotatable bonds is 2. The molecule has 0 bridgehead atoms. The molecule has 2 aromatic heterocycles. The van der Waals surface area contributed by atoms with Crippen molar-refractivity contribution in [2.45, 2.75) is 13.5 Å². The maximum absolute atomic E-state index is 5.82. The van der Waals surface area contributed by atoms with Crippen molar-refractivity contribution in [1.29, 1.82) is 0 Å². The molecule has 0 fully saturated rings. The smallest absolute Gasteiger partial charge is 0.157 e. The van der Waals surface area contributed by atoms with Gasteiger partial charge in [0.05, 0.1) is 17.4 Å². The molecule has 0 saturated carbocycles. The Kier molecular flexibility index (Phi) is 2.41. The van der Waals surface area contributed by atoms with Gasteiger partial charge < -0.3 is 5.73 Å². The summed E-state index contributed by atoms with van der Waals surface area (Å²) in [6.45, 7) is 2.43. The normalized spacial score (nSPS) is 11.3. The largest absolute Gasteiger partial charge is 0.326 e. The molecule has 0 saturated heterocycles. The molecule has 0 aliphatic rings. The lowest BCUT2D eigenvalue weighted by atomic mass is 10.2. The molecular weight excluding hydrogens is 226 g/mol. The van der Waals surface area contributed by atoms with Gasteiger partial charge in [0.2, 0.25) is 0 Å². The minimum atomic E-state index is 0.462. The summed E-state index contributed by atoms with van der Waals surface area (Å²) < 4.78 is 3.73. The summed E-state index contributed by atoms with van der Waals surface area (Å²) in [5.74, 6) is 0.941. The summed E-state index contributed by atoms with van der Waals surface area (Å²) in [6.07, 6.45) is 1.86. The van der Waals surface area contributed by atoms with Crippen molar-refractivity contribution in [2.75, 3.05) is 0 Å².